The average molecular weight is 415 g/mol. The number of rotatable bonds is 6. The fourth-order valence-corrected chi connectivity index (χ4v) is 2.97. The van der Waals surface area contributed by atoms with E-state index >= 15 is 0 Å². The Labute approximate surface area is 160 Å². The summed E-state index contributed by atoms with van der Waals surface area (Å²) >= 11 is 3.48. The minimum Gasteiger partial charge on any atom is -0.494 e. The van der Waals surface area contributed by atoms with Crippen molar-refractivity contribution in [3.63, 3.8) is 0 Å². The van der Waals surface area contributed by atoms with Crippen LogP contribution in [0.2, 0.25) is 0 Å². The first-order valence-electron chi connectivity index (χ1n) is 8.37. The monoisotopic (exact) mass is 414 g/mol. The first kappa shape index (κ1) is 18.2. The molecule has 0 saturated heterocycles. The Morgan fingerprint density at radius 3 is 2.58 bits per heavy atom. The molecule has 0 unspecified atom stereocenters. The molecule has 0 radical (unpaired) electrons. The van der Waals surface area contributed by atoms with Gasteiger partial charge in [-0.05, 0) is 56.3 Å². The van der Waals surface area contributed by atoms with Gasteiger partial charge in [0.1, 0.15) is 11.3 Å². The number of nitrogens with zero attached hydrogens (tertiary/aromatic N) is 1. The molecule has 0 aliphatic rings. The van der Waals surface area contributed by atoms with Gasteiger partial charge in [-0.3, -0.25) is 4.98 Å². The van der Waals surface area contributed by atoms with Gasteiger partial charge in [-0.25, -0.2) is 4.79 Å². The number of esters is 1. The molecular formula is C20H19BrN2O3. The smallest absolute Gasteiger partial charge is 0.341 e. The van der Waals surface area contributed by atoms with E-state index in [1.54, 1.807) is 13.1 Å². The Kier molecular flexibility index (Phi) is 5.73. The van der Waals surface area contributed by atoms with Gasteiger partial charge in [0.05, 0.1) is 24.4 Å². The van der Waals surface area contributed by atoms with Crippen LogP contribution >= 0.6 is 15.9 Å². The topological polar surface area (TPSA) is 60.5 Å². The van der Waals surface area contributed by atoms with Crippen LogP contribution in [0.25, 0.3) is 10.9 Å². The van der Waals surface area contributed by atoms with E-state index in [0.29, 0.717) is 24.5 Å². The first-order chi connectivity index (χ1) is 12.6. The molecule has 1 heterocycles. The number of carbonyl (C=O) groups excluding carboxylic acids is 1. The highest BCUT2D eigenvalue weighted by Gasteiger charge is 2.17. The summed E-state index contributed by atoms with van der Waals surface area (Å²) in [5.74, 6) is 0.390. The Hall–Kier alpha value is -2.60. The van der Waals surface area contributed by atoms with Crippen molar-refractivity contribution in [3.05, 3.63) is 58.7 Å². The van der Waals surface area contributed by atoms with Crippen LogP contribution in [0.15, 0.2) is 53.1 Å². The Morgan fingerprint density at radius 1 is 1.12 bits per heavy atom. The molecule has 1 N–H and O–H groups in total. The predicted molar refractivity (Wildman–Crippen MR) is 106 cm³/mol. The van der Waals surface area contributed by atoms with E-state index in [-0.39, 0.29) is 0 Å². The van der Waals surface area contributed by atoms with Crippen LogP contribution in [0.1, 0.15) is 24.2 Å². The van der Waals surface area contributed by atoms with Crippen molar-refractivity contribution in [1.82, 2.24) is 4.98 Å². The van der Waals surface area contributed by atoms with Crippen LogP contribution < -0.4 is 10.1 Å². The van der Waals surface area contributed by atoms with Crippen molar-refractivity contribution in [3.8, 4) is 5.75 Å². The molecule has 0 atom stereocenters. The second-order valence-electron chi connectivity index (χ2n) is 5.51. The summed E-state index contributed by atoms with van der Waals surface area (Å²) < 4.78 is 11.6. The van der Waals surface area contributed by atoms with Crippen molar-refractivity contribution in [1.29, 1.82) is 0 Å². The highest BCUT2D eigenvalue weighted by atomic mass is 79.9. The van der Waals surface area contributed by atoms with E-state index in [1.807, 2.05) is 49.4 Å². The van der Waals surface area contributed by atoms with Gasteiger partial charge in [0.25, 0.3) is 0 Å². The van der Waals surface area contributed by atoms with Gasteiger partial charge in [-0.1, -0.05) is 15.9 Å². The SMILES string of the molecule is CCOC(=O)c1cnc2ccc(Br)cc2c1Nc1ccc(OCC)cc1. The molecule has 0 bridgehead atoms. The molecule has 5 nitrogen and oxygen atoms in total. The number of ether oxygens (including phenoxy) is 2. The number of hydrogen-bond acceptors (Lipinski definition) is 5. The third kappa shape index (κ3) is 3.96. The van der Waals surface area contributed by atoms with Gasteiger partial charge in [0.15, 0.2) is 0 Å². The highest BCUT2D eigenvalue weighted by Crippen LogP contribution is 2.32. The Balaban J connectivity index is 2.06. The zero-order valence-corrected chi connectivity index (χ0v) is 16.2. The maximum atomic E-state index is 12.4. The molecule has 0 aliphatic heterocycles. The fourth-order valence-electron chi connectivity index (χ4n) is 2.61. The fraction of sp³-hybridized carbons (Fsp3) is 0.200. The van der Waals surface area contributed by atoms with Crippen LogP contribution in [0, 0.1) is 0 Å². The quantitative estimate of drug-likeness (QED) is 0.553. The number of nitrogens with one attached hydrogen (secondary N) is 1. The molecule has 134 valence electrons. The zero-order valence-electron chi connectivity index (χ0n) is 14.6. The van der Waals surface area contributed by atoms with Gasteiger partial charge in [0, 0.05) is 21.7 Å². The van der Waals surface area contributed by atoms with E-state index in [9.17, 15) is 4.79 Å². The van der Waals surface area contributed by atoms with Crippen LogP contribution in [-0.2, 0) is 4.74 Å². The lowest BCUT2D eigenvalue weighted by molar-refractivity contribution is 0.0527. The van der Waals surface area contributed by atoms with Gasteiger partial charge >= 0.3 is 5.97 Å². The van der Waals surface area contributed by atoms with E-state index < -0.39 is 5.97 Å². The lowest BCUT2D eigenvalue weighted by Crippen LogP contribution is -2.09. The molecular weight excluding hydrogens is 396 g/mol. The summed E-state index contributed by atoms with van der Waals surface area (Å²) in [6, 6.07) is 13.3. The number of anilines is 2. The van der Waals surface area contributed by atoms with Gasteiger partial charge in [0.2, 0.25) is 0 Å². The molecule has 3 aromatic rings. The zero-order chi connectivity index (χ0) is 18.5. The molecule has 0 saturated carbocycles. The standard InChI is InChI=1S/C20H19BrN2O3/c1-3-25-15-8-6-14(7-9-15)23-19-16-11-13(21)5-10-18(16)22-12-17(19)20(24)26-4-2/h5-12H,3-4H2,1-2H3,(H,22,23). The summed E-state index contributed by atoms with van der Waals surface area (Å²) in [6.07, 6.45) is 1.55. The molecule has 0 spiro atoms. The largest absolute Gasteiger partial charge is 0.494 e. The van der Waals surface area contributed by atoms with Gasteiger partial charge in [-0.15, -0.1) is 0 Å². The maximum absolute atomic E-state index is 12.4. The predicted octanol–water partition coefficient (Wildman–Crippen LogP) is 5.32. The number of fused-ring (bicyclic) bond motifs is 1. The second-order valence-corrected chi connectivity index (χ2v) is 6.43. The number of halogens is 1. The Bertz CT molecular complexity index is 926. The second kappa shape index (κ2) is 8.19. The van der Waals surface area contributed by atoms with E-state index in [4.69, 9.17) is 9.47 Å². The maximum Gasteiger partial charge on any atom is 0.341 e. The summed E-state index contributed by atoms with van der Waals surface area (Å²) in [4.78, 5) is 16.8. The molecule has 3 rings (SSSR count). The molecule has 6 heteroatoms. The molecule has 1 aromatic heterocycles. The van der Waals surface area contributed by atoms with Crippen molar-refractivity contribution in [2.45, 2.75) is 13.8 Å². The van der Waals surface area contributed by atoms with Crippen molar-refractivity contribution in [2.24, 2.45) is 0 Å². The first-order valence-corrected chi connectivity index (χ1v) is 9.17. The minimum atomic E-state index is -0.407. The van der Waals surface area contributed by atoms with Crippen LogP contribution in [0.3, 0.4) is 0 Å². The molecule has 0 aliphatic carbocycles. The van der Waals surface area contributed by atoms with Gasteiger partial charge < -0.3 is 14.8 Å². The van der Waals surface area contributed by atoms with E-state index in [2.05, 4.69) is 26.2 Å². The molecule has 0 fully saturated rings. The third-order valence-electron chi connectivity index (χ3n) is 3.76. The molecule has 2 aromatic carbocycles. The minimum absolute atomic E-state index is 0.303. The van der Waals surface area contributed by atoms with Crippen LogP contribution in [0.4, 0.5) is 11.4 Å². The van der Waals surface area contributed by atoms with Crippen LogP contribution in [0.5, 0.6) is 5.75 Å². The summed E-state index contributed by atoms with van der Waals surface area (Å²) in [6.45, 7) is 4.64. The Morgan fingerprint density at radius 2 is 1.88 bits per heavy atom. The van der Waals surface area contributed by atoms with E-state index in [1.165, 1.54) is 0 Å². The third-order valence-corrected chi connectivity index (χ3v) is 4.25. The molecule has 0 amide bonds. The van der Waals surface area contributed by atoms with E-state index in [0.717, 1.165) is 26.8 Å². The molecule has 26 heavy (non-hydrogen) atoms. The number of carbonyl (C=O) groups is 1. The number of benzene rings is 2. The summed E-state index contributed by atoms with van der Waals surface area (Å²) in [5, 5.41) is 4.17. The van der Waals surface area contributed by atoms with Gasteiger partial charge in [-0.2, -0.15) is 0 Å². The summed E-state index contributed by atoms with van der Waals surface area (Å²) in [5.41, 5.74) is 2.69. The van der Waals surface area contributed by atoms with Crippen molar-refractivity contribution < 1.29 is 14.3 Å². The number of hydrogen-bond donors (Lipinski definition) is 1. The van der Waals surface area contributed by atoms with Crippen molar-refractivity contribution >= 4 is 44.2 Å². The normalized spacial score (nSPS) is 10.6. The highest BCUT2D eigenvalue weighted by molar-refractivity contribution is 9.10. The number of aromatic nitrogens is 1. The summed E-state index contributed by atoms with van der Waals surface area (Å²) in [7, 11) is 0. The van der Waals surface area contributed by atoms with Crippen LogP contribution in [-0.4, -0.2) is 24.2 Å². The number of pyridine rings is 1. The lowest BCUT2D eigenvalue weighted by atomic mass is 10.1. The lowest BCUT2D eigenvalue weighted by Gasteiger charge is -2.15. The average Bonchev–Trinajstić information content (AvgIpc) is 2.64. The van der Waals surface area contributed by atoms with Crippen molar-refractivity contribution in [2.75, 3.05) is 18.5 Å².